The predicted molar refractivity (Wildman–Crippen MR) is 93.6 cm³/mol. The highest BCUT2D eigenvalue weighted by atomic mass is 32.1. The molecule has 0 atom stereocenters. The summed E-state index contributed by atoms with van der Waals surface area (Å²) in [6.07, 6.45) is 16.1. The molecule has 2 heterocycles. The number of fused-ring (bicyclic) bond motifs is 1. The van der Waals surface area contributed by atoms with Gasteiger partial charge in [-0.1, -0.05) is 64.7 Å². The fourth-order valence-electron chi connectivity index (χ4n) is 2.77. The van der Waals surface area contributed by atoms with Crippen LogP contribution < -0.4 is 0 Å². The third-order valence-electron chi connectivity index (χ3n) is 4.07. The Morgan fingerprint density at radius 2 is 1.59 bits per heavy atom. The molecule has 122 valence electrons. The number of thiol groups is 1. The van der Waals surface area contributed by atoms with Crippen molar-refractivity contribution in [2.24, 2.45) is 0 Å². The Hall–Kier alpha value is -1.10. The molecule has 5 heteroatoms. The molecule has 0 aliphatic carbocycles. The number of hydrogen-bond acceptors (Lipinski definition) is 4. The lowest BCUT2D eigenvalue weighted by Crippen LogP contribution is -1.99. The molecule has 0 N–H and O–H groups in total. The average molecular weight is 321 g/mol. The molecule has 0 amide bonds. The zero-order chi connectivity index (χ0) is 15.6. The molecule has 0 aliphatic rings. The van der Waals surface area contributed by atoms with Crippen LogP contribution in [0.4, 0.5) is 0 Å². The van der Waals surface area contributed by atoms with Crippen molar-refractivity contribution in [2.75, 3.05) is 0 Å². The van der Waals surface area contributed by atoms with Gasteiger partial charge in [-0.3, -0.25) is 0 Å². The van der Waals surface area contributed by atoms with E-state index in [0.29, 0.717) is 5.78 Å². The molecule has 2 aromatic heterocycles. The largest absolute Gasteiger partial charge is 0.253 e. The van der Waals surface area contributed by atoms with Crippen LogP contribution in [0.3, 0.4) is 0 Å². The maximum absolute atomic E-state index is 4.51. The van der Waals surface area contributed by atoms with Crippen LogP contribution in [-0.4, -0.2) is 19.6 Å². The summed E-state index contributed by atoms with van der Waals surface area (Å²) in [5, 5.41) is 4.89. The SMILES string of the molecule is CCCCCCCCCCCCc1cc(S)n2ncnc2n1. The van der Waals surface area contributed by atoms with Gasteiger partial charge in [-0.2, -0.15) is 14.6 Å². The summed E-state index contributed by atoms with van der Waals surface area (Å²) < 4.78 is 1.66. The van der Waals surface area contributed by atoms with E-state index in [-0.39, 0.29) is 0 Å². The van der Waals surface area contributed by atoms with Gasteiger partial charge in [0, 0.05) is 5.69 Å². The molecule has 0 saturated heterocycles. The molecule has 0 unspecified atom stereocenters. The predicted octanol–water partition coefficient (Wildman–Crippen LogP) is 4.88. The van der Waals surface area contributed by atoms with Crippen LogP contribution in [0.5, 0.6) is 0 Å². The highest BCUT2D eigenvalue weighted by molar-refractivity contribution is 7.80. The second kappa shape index (κ2) is 9.82. The Bertz CT molecular complexity index is 553. The summed E-state index contributed by atoms with van der Waals surface area (Å²) in [7, 11) is 0. The molecule has 0 bridgehead atoms. The van der Waals surface area contributed by atoms with Gasteiger partial charge in [-0.05, 0) is 18.9 Å². The zero-order valence-electron chi connectivity index (χ0n) is 13.7. The van der Waals surface area contributed by atoms with E-state index in [2.05, 4.69) is 34.6 Å². The van der Waals surface area contributed by atoms with E-state index < -0.39 is 0 Å². The monoisotopic (exact) mass is 320 g/mol. The van der Waals surface area contributed by atoms with E-state index >= 15 is 0 Å². The van der Waals surface area contributed by atoms with Gasteiger partial charge in [0.25, 0.3) is 5.78 Å². The molecule has 2 rings (SSSR count). The molecule has 0 aliphatic heterocycles. The molecule has 0 spiro atoms. The van der Waals surface area contributed by atoms with Crippen LogP contribution in [0.1, 0.15) is 76.8 Å². The summed E-state index contributed by atoms with van der Waals surface area (Å²) in [5.74, 6) is 0.648. The van der Waals surface area contributed by atoms with Gasteiger partial charge in [0.2, 0.25) is 0 Å². The van der Waals surface area contributed by atoms with Crippen LogP contribution in [-0.2, 0) is 6.42 Å². The standard InChI is InChI=1S/C17H28N4S/c1-2-3-4-5-6-7-8-9-10-11-12-15-13-16(22)21-17(20-15)18-14-19-21/h13-14,22H,2-12H2,1H3. The van der Waals surface area contributed by atoms with E-state index in [1.165, 1.54) is 70.5 Å². The molecule has 0 fully saturated rings. The average Bonchev–Trinajstić information content (AvgIpc) is 2.98. The van der Waals surface area contributed by atoms with Gasteiger partial charge < -0.3 is 0 Å². The molecule has 0 saturated carbocycles. The summed E-state index contributed by atoms with van der Waals surface area (Å²) in [4.78, 5) is 8.64. The van der Waals surface area contributed by atoms with Crippen molar-refractivity contribution in [1.82, 2.24) is 19.6 Å². The van der Waals surface area contributed by atoms with Crippen molar-refractivity contribution < 1.29 is 0 Å². The van der Waals surface area contributed by atoms with Gasteiger partial charge in [0.05, 0.1) is 0 Å². The number of hydrogen-bond donors (Lipinski definition) is 1. The number of rotatable bonds is 11. The smallest absolute Gasteiger partial charge is 0.216 e. The van der Waals surface area contributed by atoms with Crippen molar-refractivity contribution in [3.8, 4) is 0 Å². The van der Waals surface area contributed by atoms with Crippen molar-refractivity contribution in [1.29, 1.82) is 0 Å². The second-order valence-electron chi connectivity index (χ2n) is 6.01. The number of aryl methyl sites for hydroxylation is 1. The lowest BCUT2D eigenvalue weighted by atomic mass is 10.1. The third-order valence-corrected chi connectivity index (χ3v) is 4.39. The van der Waals surface area contributed by atoms with Crippen LogP contribution >= 0.6 is 12.6 Å². The van der Waals surface area contributed by atoms with E-state index in [1.807, 2.05) is 6.07 Å². The molecule has 0 radical (unpaired) electrons. The summed E-state index contributed by atoms with van der Waals surface area (Å²) in [6, 6.07) is 2.00. The van der Waals surface area contributed by atoms with Crippen molar-refractivity contribution in [3.63, 3.8) is 0 Å². The topological polar surface area (TPSA) is 43.1 Å². The van der Waals surface area contributed by atoms with Crippen molar-refractivity contribution >= 4 is 18.4 Å². The van der Waals surface area contributed by atoms with E-state index in [4.69, 9.17) is 0 Å². The van der Waals surface area contributed by atoms with Gasteiger partial charge in [-0.25, -0.2) is 4.98 Å². The zero-order valence-corrected chi connectivity index (χ0v) is 14.6. The molecular formula is C17H28N4S. The van der Waals surface area contributed by atoms with E-state index in [9.17, 15) is 0 Å². The van der Waals surface area contributed by atoms with Crippen LogP contribution in [0.15, 0.2) is 17.4 Å². The van der Waals surface area contributed by atoms with Gasteiger partial charge in [0.1, 0.15) is 11.4 Å². The Kier molecular flexibility index (Phi) is 7.71. The van der Waals surface area contributed by atoms with Crippen LogP contribution in [0, 0.1) is 0 Å². The Morgan fingerprint density at radius 1 is 0.955 bits per heavy atom. The molecular weight excluding hydrogens is 292 g/mol. The lowest BCUT2D eigenvalue weighted by Gasteiger charge is -2.04. The summed E-state index contributed by atoms with van der Waals surface area (Å²) in [6.45, 7) is 2.27. The minimum Gasteiger partial charge on any atom is -0.216 e. The first-order valence-electron chi connectivity index (χ1n) is 8.70. The Balaban J connectivity index is 1.56. The van der Waals surface area contributed by atoms with E-state index in [0.717, 1.165) is 17.1 Å². The fourth-order valence-corrected chi connectivity index (χ4v) is 3.06. The van der Waals surface area contributed by atoms with Gasteiger partial charge in [-0.15, -0.1) is 12.6 Å². The molecule has 2 aromatic rings. The molecule has 0 aromatic carbocycles. The summed E-state index contributed by atoms with van der Waals surface area (Å²) >= 11 is 4.43. The first kappa shape index (κ1) is 17.3. The molecule has 22 heavy (non-hydrogen) atoms. The normalized spacial score (nSPS) is 11.4. The van der Waals surface area contributed by atoms with Crippen molar-refractivity contribution in [3.05, 3.63) is 18.1 Å². The fraction of sp³-hybridized carbons (Fsp3) is 0.706. The van der Waals surface area contributed by atoms with Crippen molar-refractivity contribution in [2.45, 2.75) is 82.6 Å². The number of unbranched alkanes of at least 4 members (excludes halogenated alkanes) is 9. The Morgan fingerprint density at radius 3 is 2.27 bits per heavy atom. The third kappa shape index (κ3) is 5.59. The van der Waals surface area contributed by atoms with Crippen LogP contribution in [0.2, 0.25) is 0 Å². The Labute approximate surface area is 139 Å². The number of aromatic nitrogens is 4. The van der Waals surface area contributed by atoms with E-state index in [1.54, 1.807) is 4.52 Å². The molecule has 4 nitrogen and oxygen atoms in total. The highest BCUT2D eigenvalue weighted by Crippen LogP contribution is 2.14. The van der Waals surface area contributed by atoms with Crippen LogP contribution in [0.25, 0.3) is 5.78 Å². The minimum absolute atomic E-state index is 0.648. The first-order chi connectivity index (χ1) is 10.8. The maximum Gasteiger partial charge on any atom is 0.253 e. The highest BCUT2D eigenvalue weighted by Gasteiger charge is 2.04. The quantitative estimate of drug-likeness (QED) is 0.365. The minimum atomic E-state index is 0.648. The number of nitrogens with zero attached hydrogens (tertiary/aromatic N) is 4. The first-order valence-corrected chi connectivity index (χ1v) is 9.14. The summed E-state index contributed by atoms with van der Waals surface area (Å²) in [5.41, 5.74) is 1.07. The maximum atomic E-state index is 4.51. The van der Waals surface area contributed by atoms with Gasteiger partial charge >= 0.3 is 0 Å². The second-order valence-corrected chi connectivity index (χ2v) is 6.47. The van der Waals surface area contributed by atoms with Gasteiger partial charge in [0.15, 0.2) is 0 Å². The lowest BCUT2D eigenvalue weighted by molar-refractivity contribution is 0.555.